The fourth-order valence-electron chi connectivity index (χ4n) is 4.71. The summed E-state index contributed by atoms with van der Waals surface area (Å²) in [6, 6.07) is 13.8. The first-order chi connectivity index (χ1) is 19.0. The molecule has 0 saturated carbocycles. The predicted octanol–water partition coefficient (Wildman–Crippen LogP) is 3.67. The van der Waals surface area contributed by atoms with Crippen molar-refractivity contribution in [3.8, 4) is 11.5 Å². The molecule has 2 aromatic carbocycles. The van der Waals surface area contributed by atoms with Gasteiger partial charge in [-0.2, -0.15) is 4.98 Å². The molecular weight excluding hydrogens is 503 g/mol. The van der Waals surface area contributed by atoms with E-state index in [1.807, 2.05) is 0 Å². The van der Waals surface area contributed by atoms with E-state index in [1.165, 1.54) is 0 Å². The van der Waals surface area contributed by atoms with Crippen LogP contribution in [-0.2, 0) is 9.59 Å². The number of halogens is 1. The summed E-state index contributed by atoms with van der Waals surface area (Å²) in [5.41, 5.74) is 6.95. The van der Waals surface area contributed by atoms with E-state index >= 15 is 0 Å². The molecule has 2 aliphatic heterocycles. The van der Waals surface area contributed by atoms with Crippen molar-refractivity contribution < 1.29 is 23.5 Å². The molecule has 39 heavy (non-hydrogen) atoms. The van der Waals surface area contributed by atoms with Crippen LogP contribution in [0.1, 0.15) is 25.7 Å². The topological polar surface area (TPSA) is 114 Å². The third kappa shape index (κ3) is 6.36. The molecular formula is C28H31FN6O4. The lowest BCUT2D eigenvalue weighted by Crippen LogP contribution is -2.32. The molecule has 10 nitrogen and oxygen atoms in total. The van der Waals surface area contributed by atoms with Crippen LogP contribution < -0.4 is 20.1 Å². The van der Waals surface area contributed by atoms with Gasteiger partial charge in [0.15, 0.2) is 24.8 Å². The van der Waals surface area contributed by atoms with Crippen molar-refractivity contribution in [2.24, 2.45) is 0 Å². The molecule has 0 atom stereocenters. The van der Waals surface area contributed by atoms with Gasteiger partial charge in [-0.3, -0.25) is 14.5 Å². The van der Waals surface area contributed by atoms with E-state index in [9.17, 15) is 14.0 Å². The van der Waals surface area contributed by atoms with Gasteiger partial charge in [0.05, 0.1) is 6.20 Å². The quantitative estimate of drug-likeness (QED) is 0.442. The molecule has 11 heteroatoms. The van der Waals surface area contributed by atoms with E-state index in [1.54, 1.807) is 63.2 Å². The maximum Gasteiger partial charge on any atom is 0.260 e. The minimum Gasteiger partial charge on any atom is -0.484 e. The smallest absolute Gasteiger partial charge is 0.260 e. The third-order valence-corrected chi connectivity index (χ3v) is 6.79. The number of carbonyl (C=O) groups excluding carboxylic acids is 2. The van der Waals surface area contributed by atoms with E-state index in [4.69, 9.17) is 15.2 Å². The van der Waals surface area contributed by atoms with Crippen LogP contribution in [0.25, 0.3) is 0 Å². The Morgan fingerprint density at radius 2 is 1.23 bits per heavy atom. The lowest BCUT2D eigenvalue weighted by atomic mass is 10.2. The molecule has 2 aliphatic rings. The Bertz CT molecular complexity index is 1220. The number of aromatic nitrogens is 2. The summed E-state index contributed by atoms with van der Waals surface area (Å²) in [5.74, 6) is 0.190. The first-order valence-corrected chi connectivity index (χ1v) is 13.1. The van der Waals surface area contributed by atoms with Crippen LogP contribution in [0.15, 0.2) is 54.7 Å². The summed E-state index contributed by atoms with van der Waals surface area (Å²) in [4.78, 5) is 37.7. The van der Waals surface area contributed by atoms with Gasteiger partial charge in [0.25, 0.3) is 11.8 Å². The normalized spacial score (nSPS) is 14.9. The number of nitrogen functional groups attached to an aromatic ring is 1. The van der Waals surface area contributed by atoms with Crippen LogP contribution in [0.5, 0.6) is 11.5 Å². The SMILES string of the molecule is Nc1ncc(F)c(N(c2ccc(OCC(=O)N3CCCC3)cc2)c2ccc(OCC(=O)N3CCCC3)cc2)n1. The fraction of sp³-hybridized carbons (Fsp3) is 0.357. The summed E-state index contributed by atoms with van der Waals surface area (Å²) in [6.07, 6.45) is 5.09. The molecule has 0 radical (unpaired) electrons. The zero-order valence-electron chi connectivity index (χ0n) is 21.6. The highest BCUT2D eigenvalue weighted by Gasteiger charge is 2.21. The first kappa shape index (κ1) is 26.2. The van der Waals surface area contributed by atoms with Crippen LogP contribution in [0, 0.1) is 5.82 Å². The second kappa shape index (κ2) is 12.0. The van der Waals surface area contributed by atoms with Crippen molar-refractivity contribution in [2.45, 2.75) is 25.7 Å². The fourth-order valence-corrected chi connectivity index (χ4v) is 4.71. The Balaban J connectivity index is 1.32. The van der Waals surface area contributed by atoms with E-state index in [-0.39, 0.29) is 36.8 Å². The van der Waals surface area contributed by atoms with Crippen molar-refractivity contribution in [2.75, 3.05) is 50.0 Å². The zero-order chi connectivity index (χ0) is 27.2. The van der Waals surface area contributed by atoms with Crippen molar-refractivity contribution >= 4 is 35.0 Å². The highest BCUT2D eigenvalue weighted by atomic mass is 19.1. The summed E-state index contributed by atoms with van der Waals surface area (Å²) < 4.78 is 26.3. The number of anilines is 4. The molecule has 2 saturated heterocycles. The molecule has 3 heterocycles. The van der Waals surface area contributed by atoms with E-state index in [0.29, 0.717) is 22.9 Å². The molecule has 2 amide bonds. The Morgan fingerprint density at radius 1 is 0.795 bits per heavy atom. The molecule has 0 bridgehead atoms. The third-order valence-electron chi connectivity index (χ3n) is 6.79. The summed E-state index contributed by atoms with van der Waals surface area (Å²) in [6.45, 7) is 2.99. The Morgan fingerprint density at radius 3 is 1.67 bits per heavy atom. The Hall–Kier alpha value is -4.41. The number of ether oxygens (including phenoxy) is 2. The monoisotopic (exact) mass is 534 g/mol. The largest absolute Gasteiger partial charge is 0.484 e. The molecule has 5 rings (SSSR count). The molecule has 0 spiro atoms. The van der Waals surface area contributed by atoms with Crippen molar-refractivity contribution in [1.29, 1.82) is 0 Å². The molecule has 2 N–H and O–H groups in total. The van der Waals surface area contributed by atoms with Gasteiger partial charge in [-0.1, -0.05) is 0 Å². The number of nitrogens with two attached hydrogens (primary N) is 1. The van der Waals surface area contributed by atoms with E-state index in [0.717, 1.165) is 58.1 Å². The maximum atomic E-state index is 14.9. The van der Waals surface area contributed by atoms with Gasteiger partial charge in [-0.15, -0.1) is 0 Å². The maximum absolute atomic E-state index is 14.9. The average molecular weight is 535 g/mol. The number of likely N-dealkylation sites (tertiary alicyclic amines) is 2. The number of nitrogens with zero attached hydrogens (tertiary/aromatic N) is 5. The van der Waals surface area contributed by atoms with Gasteiger partial charge in [0.2, 0.25) is 5.95 Å². The molecule has 3 aromatic rings. The van der Waals surface area contributed by atoms with Gasteiger partial charge in [0.1, 0.15) is 11.5 Å². The second-order valence-corrected chi connectivity index (χ2v) is 9.48. The highest BCUT2D eigenvalue weighted by Crippen LogP contribution is 2.36. The highest BCUT2D eigenvalue weighted by molar-refractivity contribution is 5.79. The van der Waals surface area contributed by atoms with Gasteiger partial charge in [0, 0.05) is 37.6 Å². The van der Waals surface area contributed by atoms with Crippen LogP contribution in [0.2, 0.25) is 0 Å². The molecule has 0 aliphatic carbocycles. The Kier molecular flexibility index (Phi) is 8.04. The average Bonchev–Trinajstić information content (AvgIpc) is 3.69. The second-order valence-electron chi connectivity index (χ2n) is 9.48. The Labute approximate surface area is 226 Å². The van der Waals surface area contributed by atoms with Crippen LogP contribution in [0.4, 0.5) is 27.5 Å². The molecule has 0 unspecified atom stereocenters. The minimum absolute atomic E-state index is 0.0294. The summed E-state index contributed by atoms with van der Waals surface area (Å²) in [7, 11) is 0. The standard InChI is InChI=1S/C28H31FN6O4/c29-24-17-31-28(30)32-27(24)35(20-5-9-22(10-6-20)38-18-25(36)33-13-1-2-14-33)21-7-11-23(12-8-21)39-19-26(37)34-15-3-4-16-34/h5-12,17H,1-4,13-16,18-19H2,(H2,30,31,32). The number of benzene rings is 2. The van der Waals surface area contributed by atoms with Crippen LogP contribution in [-0.4, -0.2) is 71.0 Å². The van der Waals surface area contributed by atoms with Gasteiger partial charge in [-0.05, 0) is 74.2 Å². The first-order valence-electron chi connectivity index (χ1n) is 13.1. The van der Waals surface area contributed by atoms with Gasteiger partial charge < -0.3 is 25.0 Å². The number of carbonyl (C=O) groups is 2. The molecule has 204 valence electrons. The summed E-state index contributed by atoms with van der Waals surface area (Å²) >= 11 is 0. The predicted molar refractivity (Wildman–Crippen MR) is 144 cm³/mol. The van der Waals surface area contributed by atoms with Crippen molar-refractivity contribution in [3.05, 3.63) is 60.5 Å². The van der Waals surface area contributed by atoms with Crippen LogP contribution >= 0.6 is 0 Å². The van der Waals surface area contributed by atoms with Gasteiger partial charge in [-0.25, -0.2) is 9.37 Å². The van der Waals surface area contributed by atoms with Crippen molar-refractivity contribution in [3.63, 3.8) is 0 Å². The summed E-state index contributed by atoms with van der Waals surface area (Å²) in [5, 5.41) is 0. The number of rotatable bonds is 9. The lowest BCUT2D eigenvalue weighted by molar-refractivity contribution is -0.133. The molecule has 2 fully saturated rings. The number of amides is 2. The number of hydrogen-bond acceptors (Lipinski definition) is 8. The van der Waals surface area contributed by atoms with Crippen LogP contribution in [0.3, 0.4) is 0 Å². The zero-order valence-corrected chi connectivity index (χ0v) is 21.6. The minimum atomic E-state index is -0.655. The van der Waals surface area contributed by atoms with Crippen molar-refractivity contribution in [1.82, 2.24) is 19.8 Å². The van der Waals surface area contributed by atoms with E-state index < -0.39 is 5.82 Å². The number of hydrogen-bond donors (Lipinski definition) is 1. The lowest BCUT2D eigenvalue weighted by Gasteiger charge is -2.25. The van der Waals surface area contributed by atoms with Gasteiger partial charge >= 0.3 is 0 Å². The van der Waals surface area contributed by atoms with E-state index in [2.05, 4.69) is 9.97 Å². The molecule has 1 aromatic heterocycles.